The molecule has 21 heavy (non-hydrogen) atoms. The van der Waals surface area contributed by atoms with Crippen LogP contribution in [0.1, 0.15) is 49.0 Å². The van der Waals surface area contributed by atoms with Crippen molar-refractivity contribution in [1.82, 2.24) is 9.80 Å². The summed E-state index contributed by atoms with van der Waals surface area (Å²) in [6.07, 6.45) is 3.50. The van der Waals surface area contributed by atoms with Crippen LogP contribution in [0.25, 0.3) is 0 Å². The predicted octanol–water partition coefficient (Wildman–Crippen LogP) is 3.33. The number of hydrogen-bond acceptors (Lipinski definition) is 2. The second kappa shape index (κ2) is 7.60. The lowest BCUT2D eigenvalue weighted by atomic mass is 10.00. The van der Waals surface area contributed by atoms with Crippen LogP contribution >= 0.6 is 0 Å². The molecule has 3 heteroatoms. The van der Waals surface area contributed by atoms with Gasteiger partial charge in [-0.15, -0.1) is 0 Å². The monoisotopic (exact) mass is 288 g/mol. The van der Waals surface area contributed by atoms with Crippen molar-refractivity contribution in [3.05, 3.63) is 35.4 Å². The number of rotatable bonds is 5. The van der Waals surface area contributed by atoms with Crippen LogP contribution in [0.4, 0.5) is 0 Å². The number of piperidine rings is 1. The first-order valence-electron chi connectivity index (χ1n) is 8.25. The zero-order valence-corrected chi connectivity index (χ0v) is 13.6. The lowest BCUT2D eigenvalue weighted by Gasteiger charge is -2.38. The molecule has 3 nitrogen and oxygen atoms in total. The Hall–Kier alpha value is -1.35. The van der Waals surface area contributed by atoms with Crippen molar-refractivity contribution in [2.75, 3.05) is 26.2 Å². The molecule has 2 rings (SSSR count). The molecule has 1 unspecified atom stereocenters. The molecular formula is C18H28N2O. The maximum Gasteiger partial charge on any atom is 0.254 e. The highest BCUT2D eigenvalue weighted by molar-refractivity contribution is 5.94. The summed E-state index contributed by atoms with van der Waals surface area (Å²) < 4.78 is 0. The van der Waals surface area contributed by atoms with Crippen LogP contribution in [-0.2, 0) is 0 Å². The first-order valence-corrected chi connectivity index (χ1v) is 8.25. The number of likely N-dealkylation sites (N-methyl/N-ethyl adjacent to an activating group) is 1. The van der Waals surface area contributed by atoms with Gasteiger partial charge in [-0.05, 0) is 51.4 Å². The molecule has 0 radical (unpaired) electrons. The Bertz CT molecular complexity index is 451. The van der Waals surface area contributed by atoms with Gasteiger partial charge in [0.05, 0.1) is 0 Å². The molecule has 0 N–H and O–H groups in total. The molecule has 1 aliphatic rings. The predicted molar refractivity (Wildman–Crippen MR) is 87.6 cm³/mol. The topological polar surface area (TPSA) is 23.6 Å². The van der Waals surface area contributed by atoms with Crippen molar-refractivity contribution in [3.8, 4) is 0 Å². The summed E-state index contributed by atoms with van der Waals surface area (Å²) in [6.45, 7) is 10.5. The number of carbonyl (C=O) groups is 1. The van der Waals surface area contributed by atoms with E-state index < -0.39 is 0 Å². The van der Waals surface area contributed by atoms with Crippen LogP contribution in [-0.4, -0.2) is 47.9 Å². The van der Waals surface area contributed by atoms with Crippen LogP contribution in [0.5, 0.6) is 0 Å². The number of carbonyl (C=O) groups excluding carboxylic acids is 1. The molecule has 116 valence electrons. The fraction of sp³-hybridized carbons (Fsp3) is 0.611. The summed E-state index contributed by atoms with van der Waals surface area (Å²) in [6, 6.07) is 8.33. The van der Waals surface area contributed by atoms with Crippen molar-refractivity contribution >= 4 is 5.91 Å². The zero-order valence-electron chi connectivity index (χ0n) is 13.6. The molecule has 1 amide bonds. The van der Waals surface area contributed by atoms with E-state index in [0.29, 0.717) is 6.04 Å². The van der Waals surface area contributed by atoms with Gasteiger partial charge in [0, 0.05) is 24.7 Å². The molecule has 1 aliphatic heterocycles. The summed E-state index contributed by atoms with van der Waals surface area (Å²) in [4.78, 5) is 17.3. The van der Waals surface area contributed by atoms with E-state index in [-0.39, 0.29) is 5.91 Å². The lowest BCUT2D eigenvalue weighted by Crippen LogP contribution is -2.49. The molecule has 1 aromatic carbocycles. The van der Waals surface area contributed by atoms with Gasteiger partial charge >= 0.3 is 0 Å². The molecule has 0 aromatic heterocycles. The fourth-order valence-corrected chi connectivity index (χ4v) is 3.10. The maximum absolute atomic E-state index is 12.8. The third-order valence-electron chi connectivity index (χ3n) is 4.55. The summed E-state index contributed by atoms with van der Waals surface area (Å²) in [5.41, 5.74) is 2.02. The second-order valence-corrected chi connectivity index (χ2v) is 6.00. The number of benzene rings is 1. The van der Waals surface area contributed by atoms with E-state index in [1.807, 2.05) is 24.3 Å². The molecule has 1 saturated heterocycles. The number of nitrogens with zero attached hydrogens (tertiary/aromatic N) is 2. The normalized spacial score (nSPS) is 19.0. The summed E-state index contributed by atoms with van der Waals surface area (Å²) in [5.74, 6) is 0.201. The molecule has 0 aliphatic carbocycles. The molecule has 0 bridgehead atoms. The average molecular weight is 288 g/mol. The van der Waals surface area contributed by atoms with Gasteiger partial charge in [0.2, 0.25) is 0 Å². The van der Waals surface area contributed by atoms with Crippen molar-refractivity contribution in [1.29, 1.82) is 0 Å². The first kappa shape index (κ1) is 16.0. The Morgan fingerprint density at radius 3 is 2.48 bits per heavy atom. The standard InChI is InChI=1S/C18H28N2O/c1-4-19(5-2)14-17-8-6-7-13-20(17)18(21)16-11-9-15(3)10-12-16/h9-12,17H,4-8,13-14H2,1-3H3. The summed E-state index contributed by atoms with van der Waals surface area (Å²) >= 11 is 0. The van der Waals surface area contributed by atoms with E-state index in [1.165, 1.54) is 12.0 Å². The van der Waals surface area contributed by atoms with Gasteiger partial charge in [-0.25, -0.2) is 0 Å². The van der Waals surface area contributed by atoms with E-state index in [1.54, 1.807) is 0 Å². The van der Waals surface area contributed by atoms with E-state index >= 15 is 0 Å². The molecule has 1 aromatic rings. The lowest BCUT2D eigenvalue weighted by molar-refractivity contribution is 0.0552. The van der Waals surface area contributed by atoms with Crippen LogP contribution in [0, 0.1) is 6.92 Å². The molecule has 0 saturated carbocycles. The second-order valence-electron chi connectivity index (χ2n) is 6.00. The van der Waals surface area contributed by atoms with Crippen molar-refractivity contribution in [2.24, 2.45) is 0 Å². The summed E-state index contributed by atoms with van der Waals surface area (Å²) in [5, 5.41) is 0. The third-order valence-corrected chi connectivity index (χ3v) is 4.55. The van der Waals surface area contributed by atoms with E-state index in [9.17, 15) is 4.79 Å². The van der Waals surface area contributed by atoms with Crippen molar-refractivity contribution < 1.29 is 4.79 Å². The van der Waals surface area contributed by atoms with Crippen molar-refractivity contribution in [2.45, 2.75) is 46.1 Å². The number of hydrogen-bond donors (Lipinski definition) is 0. The Morgan fingerprint density at radius 1 is 1.19 bits per heavy atom. The fourth-order valence-electron chi connectivity index (χ4n) is 3.10. The molecular weight excluding hydrogens is 260 g/mol. The smallest absolute Gasteiger partial charge is 0.254 e. The minimum Gasteiger partial charge on any atom is -0.334 e. The van der Waals surface area contributed by atoms with Gasteiger partial charge in [0.1, 0.15) is 0 Å². The molecule has 1 fully saturated rings. The third kappa shape index (κ3) is 4.07. The van der Waals surface area contributed by atoms with Gasteiger partial charge < -0.3 is 9.80 Å². The Morgan fingerprint density at radius 2 is 1.86 bits per heavy atom. The minimum absolute atomic E-state index is 0.201. The van der Waals surface area contributed by atoms with E-state index in [4.69, 9.17) is 0 Å². The Kier molecular flexibility index (Phi) is 5.80. The Balaban J connectivity index is 2.10. The average Bonchev–Trinajstić information content (AvgIpc) is 2.53. The van der Waals surface area contributed by atoms with Crippen LogP contribution in [0.15, 0.2) is 24.3 Å². The highest BCUT2D eigenvalue weighted by Gasteiger charge is 2.28. The highest BCUT2D eigenvalue weighted by atomic mass is 16.2. The summed E-state index contributed by atoms with van der Waals surface area (Å²) in [7, 11) is 0. The minimum atomic E-state index is 0.201. The number of amides is 1. The maximum atomic E-state index is 12.8. The van der Waals surface area contributed by atoms with Gasteiger partial charge in [-0.3, -0.25) is 4.79 Å². The van der Waals surface area contributed by atoms with Crippen LogP contribution in [0.3, 0.4) is 0 Å². The number of likely N-dealkylation sites (tertiary alicyclic amines) is 1. The Labute approximate surface area is 128 Å². The first-order chi connectivity index (χ1) is 10.2. The van der Waals surface area contributed by atoms with Gasteiger partial charge in [-0.2, -0.15) is 0 Å². The molecule has 0 spiro atoms. The largest absolute Gasteiger partial charge is 0.334 e. The SMILES string of the molecule is CCN(CC)CC1CCCCN1C(=O)c1ccc(C)cc1. The quantitative estimate of drug-likeness (QED) is 0.829. The van der Waals surface area contributed by atoms with E-state index in [0.717, 1.165) is 44.6 Å². The zero-order chi connectivity index (χ0) is 15.2. The van der Waals surface area contributed by atoms with E-state index in [2.05, 4.69) is 30.6 Å². The van der Waals surface area contributed by atoms with Crippen LogP contribution in [0.2, 0.25) is 0 Å². The molecule has 1 heterocycles. The van der Waals surface area contributed by atoms with Gasteiger partial charge in [0.15, 0.2) is 0 Å². The van der Waals surface area contributed by atoms with Crippen LogP contribution < -0.4 is 0 Å². The highest BCUT2D eigenvalue weighted by Crippen LogP contribution is 2.21. The molecule has 1 atom stereocenters. The number of aryl methyl sites for hydroxylation is 1. The van der Waals surface area contributed by atoms with Crippen molar-refractivity contribution in [3.63, 3.8) is 0 Å². The van der Waals surface area contributed by atoms with Gasteiger partial charge in [-0.1, -0.05) is 31.5 Å². The van der Waals surface area contributed by atoms with Gasteiger partial charge in [0.25, 0.3) is 5.91 Å².